The van der Waals surface area contributed by atoms with Crippen molar-refractivity contribution in [3.8, 4) is 23.6 Å². The van der Waals surface area contributed by atoms with Crippen molar-refractivity contribution in [1.29, 1.82) is 10.5 Å². The Morgan fingerprint density at radius 1 is 0.744 bits per heavy atom. The lowest BCUT2D eigenvalue weighted by molar-refractivity contribution is -0.147. The molecule has 0 heterocycles. The zero-order valence-electron chi connectivity index (χ0n) is 23.9. The van der Waals surface area contributed by atoms with Gasteiger partial charge >= 0.3 is 5.97 Å². The van der Waals surface area contributed by atoms with E-state index in [4.69, 9.17) is 14.2 Å². The van der Waals surface area contributed by atoms with Gasteiger partial charge in [0, 0.05) is 12.0 Å². The fraction of sp³-hybridized carbons (Fsp3) is 0.200. The summed E-state index contributed by atoms with van der Waals surface area (Å²) >= 11 is 0. The summed E-state index contributed by atoms with van der Waals surface area (Å²) in [6, 6.07) is 31.5. The maximum absolute atomic E-state index is 13.3. The van der Waals surface area contributed by atoms with Crippen molar-refractivity contribution in [2.75, 3.05) is 0 Å². The van der Waals surface area contributed by atoms with Gasteiger partial charge in [-0.2, -0.15) is 10.5 Å². The number of hydrogen-bond acceptors (Lipinski definition) is 7. The van der Waals surface area contributed by atoms with Crippen LogP contribution in [0, 0.1) is 22.7 Å². The first-order chi connectivity index (χ1) is 20.9. The van der Waals surface area contributed by atoms with Crippen LogP contribution < -0.4 is 14.8 Å². The van der Waals surface area contributed by atoms with Crippen molar-refractivity contribution in [3.63, 3.8) is 0 Å². The van der Waals surface area contributed by atoms with Crippen LogP contribution in [-0.2, 0) is 29.2 Å². The predicted octanol–water partition coefficient (Wildman–Crippen LogP) is 5.88. The molecule has 0 aliphatic rings. The van der Waals surface area contributed by atoms with Crippen LogP contribution in [0.5, 0.6) is 11.5 Å². The number of nitriles is 2. The van der Waals surface area contributed by atoms with E-state index in [1.54, 1.807) is 24.3 Å². The smallest absolute Gasteiger partial charge is 0.329 e. The Morgan fingerprint density at radius 3 is 1.98 bits per heavy atom. The largest absolute Gasteiger partial charge is 0.490 e. The quantitative estimate of drug-likeness (QED) is 0.210. The second-order valence-electron chi connectivity index (χ2n) is 10.0. The summed E-state index contributed by atoms with van der Waals surface area (Å²) in [5, 5.41) is 22.1. The Labute approximate surface area is 251 Å². The molecule has 0 aromatic heterocycles. The van der Waals surface area contributed by atoms with Gasteiger partial charge in [-0.1, -0.05) is 66.7 Å². The Bertz CT molecular complexity index is 1640. The molecule has 0 aliphatic carbocycles. The molecule has 0 unspecified atom stereocenters. The SMILES string of the molecule is CC(C)Oc1ccc(C(=O)N[C@@H](Cc2ccc(OCc3ccccc3)c(C#N)c2)C(=O)OCc2ccccc2)cc1C#N. The maximum atomic E-state index is 13.3. The van der Waals surface area contributed by atoms with Crippen LogP contribution in [0.25, 0.3) is 0 Å². The zero-order chi connectivity index (χ0) is 30.6. The van der Waals surface area contributed by atoms with E-state index in [-0.39, 0.29) is 30.3 Å². The zero-order valence-corrected chi connectivity index (χ0v) is 23.9. The van der Waals surface area contributed by atoms with Gasteiger partial charge in [0.25, 0.3) is 5.91 Å². The summed E-state index contributed by atoms with van der Waals surface area (Å²) in [6.45, 7) is 4.01. The minimum absolute atomic E-state index is 0.0293. The highest BCUT2D eigenvalue weighted by molar-refractivity contribution is 5.97. The first kappa shape index (κ1) is 30.4. The van der Waals surface area contributed by atoms with Crippen LogP contribution in [0.15, 0.2) is 97.1 Å². The number of rotatable bonds is 12. The third-order valence-corrected chi connectivity index (χ3v) is 6.38. The Balaban J connectivity index is 1.53. The highest BCUT2D eigenvalue weighted by atomic mass is 16.5. The molecular weight excluding hydrogens is 542 g/mol. The van der Waals surface area contributed by atoms with Crippen molar-refractivity contribution in [2.45, 2.75) is 45.6 Å². The number of carbonyl (C=O) groups is 2. The van der Waals surface area contributed by atoms with Gasteiger partial charge in [0.2, 0.25) is 0 Å². The van der Waals surface area contributed by atoms with Crippen molar-refractivity contribution < 1.29 is 23.8 Å². The Kier molecular flexibility index (Phi) is 10.5. The van der Waals surface area contributed by atoms with E-state index < -0.39 is 17.9 Å². The average molecular weight is 574 g/mol. The minimum atomic E-state index is -1.07. The van der Waals surface area contributed by atoms with Crippen molar-refractivity contribution in [3.05, 3.63) is 130 Å². The van der Waals surface area contributed by atoms with E-state index in [2.05, 4.69) is 17.5 Å². The number of hydrogen-bond donors (Lipinski definition) is 1. The summed E-state index contributed by atoms with van der Waals surface area (Å²) in [7, 11) is 0. The second-order valence-corrected chi connectivity index (χ2v) is 10.0. The van der Waals surface area contributed by atoms with Gasteiger partial charge in [-0.05, 0) is 60.9 Å². The third-order valence-electron chi connectivity index (χ3n) is 6.38. The molecule has 8 nitrogen and oxygen atoms in total. The lowest BCUT2D eigenvalue weighted by Gasteiger charge is -2.19. The molecule has 8 heteroatoms. The molecule has 0 aliphatic heterocycles. The lowest BCUT2D eigenvalue weighted by atomic mass is 10.0. The lowest BCUT2D eigenvalue weighted by Crippen LogP contribution is -2.43. The van der Waals surface area contributed by atoms with E-state index in [0.717, 1.165) is 11.1 Å². The third kappa shape index (κ3) is 8.69. The molecule has 0 fully saturated rings. The second kappa shape index (κ2) is 14.9. The monoisotopic (exact) mass is 573 g/mol. The molecule has 4 rings (SSSR count). The van der Waals surface area contributed by atoms with Crippen molar-refractivity contribution in [2.24, 2.45) is 0 Å². The van der Waals surface area contributed by atoms with Gasteiger partial charge in [-0.3, -0.25) is 4.79 Å². The van der Waals surface area contributed by atoms with Crippen LogP contribution in [0.2, 0.25) is 0 Å². The van der Waals surface area contributed by atoms with E-state index in [9.17, 15) is 20.1 Å². The Hall–Kier alpha value is -5.60. The topological polar surface area (TPSA) is 121 Å². The Morgan fingerprint density at radius 2 is 1.35 bits per heavy atom. The number of nitrogens with zero attached hydrogens (tertiary/aromatic N) is 2. The fourth-order valence-corrected chi connectivity index (χ4v) is 4.27. The predicted molar refractivity (Wildman–Crippen MR) is 160 cm³/mol. The normalized spacial score (nSPS) is 11.1. The number of benzene rings is 4. The summed E-state index contributed by atoms with van der Waals surface area (Å²) in [6.07, 6.45) is -0.0869. The maximum Gasteiger partial charge on any atom is 0.329 e. The van der Waals surface area contributed by atoms with Gasteiger partial charge < -0.3 is 19.5 Å². The number of esters is 1. The van der Waals surface area contributed by atoms with E-state index >= 15 is 0 Å². The number of ether oxygens (including phenoxy) is 3. The molecule has 1 N–H and O–H groups in total. The number of carbonyl (C=O) groups excluding carboxylic acids is 2. The van der Waals surface area contributed by atoms with Gasteiger partial charge in [0.15, 0.2) is 0 Å². The fourth-order valence-electron chi connectivity index (χ4n) is 4.27. The van der Waals surface area contributed by atoms with Crippen molar-refractivity contribution in [1.82, 2.24) is 5.32 Å². The summed E-state index contributed by atoms with van der Waals surface area (Å²) < 4.78 is 17.1. The van der Waals surface area contributed by atoms with E-state index in [0.29, 0.717) is 29.2 Å². The molecule has 4 aromatic carbocycles. The van der Waals surface area contributed by atoms with Gasteiger partial charge in [0.05, 0.1) is 17.2 Å². The molecule has 1 amide bonds. The molecule has 4 aromatic rings. The average Bonchev–Trinajstić information content (AvgIpc) is 3.03. The summed E-state index contributed by atoms with van der Waals surface area (Å²) in [5.41, 5.74) is 3.08. The molecule has 0 spiro atoms. The highest BCUT2D eigenvalue weighted by Gasteiger charge is 2.25. The summed E-state index contributed by atoms with van der Waals surface area (Å²) in [5.74, 6) is -0.417. The summed E-state index contributed by atoms with van der Waals surface area (Å²) in [4.78, 5) is 26.5. The molecule has 0 saturated heterocycles. The number of amides is 1. The molecule has 1 atom stereocenters. The van der Waals surface area contributed by atoms with Gasteiger partial charge in [-0.15, -0.1) is 0 Å². The molecular formula is C35H31N3O5. The highest BCUT2D eigenvalue weighted by Crippen LogP contribution is 2.23. The molecule has 0 radical (unpaired) electrons. The van der Waals surface area contributed by atoms with Crippen LogP contribution >= 0.6 is 0 Å². The van der Waals surface area contributed by atoms with Crippen LogP contribution in [0.4, 0.5) is 0 Å². The van der Waals surface area contributed by atoms with Crippen LogP contribution in [0.3, 0.4) is 0 Å². The minimum Gasteiger partial charge on any atom is -0.490 e. The molecule has 0 saturated carbocycles. The van der Waals surface area contributed by atoms with Gasteiger partial charge in [-0.25, -0.2) is 4.79 Å². The van der Waals surface area contributed by atoms with Crippen LogP contribution in [-0.4, -0.2) is 24.0 Å². The molecule has 0 bridgehead atoms. The standard InChI is InChI=1S/C35H31N3O5/c1-24(2)43-33-16-14-28(19-30(33)21-37)34(39)38-31(35(40)42-23-26-11-7-4-8-12-26)18-27-13-15-32(29(17-27)20-36)41-22-25-9-5-3-6-10-25/h3-17,19,24,31H,18,22-23H2,1-2H3,(H,38,39)/t31-/m0/s1. The number of nitrogens with one attached hydrogen (secondary N) is 1. The van der Waals surface area contributed by atoms with E-state index in [1.807, 2.05) is 74.5 Å². The molecule has 216 valence electrons. The van der Waals surface area contributed by atoms with Gasteiger partial charge in [0.1, 0.15) is 42.9 Å². The molecule has 43 heavy (non-hydrogen) atoms. The first-order valence-electron chi connectivity index (χ1n) is 13.8. The first-order valence-corrected chi connectivity index (χ1v) is 13.8. The van der Waals surface area contributed by atoms with Crippen molar-refractivity contribution >= 4 is 11.9 Å². The van der Waals surface area contributed by atoms with E-state index in [1.165, 1.54) is 12.1 Å². The van der Waals surface area contributed by atoms with Crippen LogP contribution in [0.1, 0.15) is 52.0 Å².